The summed E-state index contributed by atoms with van der Waals surface area (Å²) in [5.74, 6) is -0.945. The lowest BCUT2D eigenvalue weighted by Gasteiger charge is -2.18. The van der Waals surface area contributed by atoms with Crippen molar-refractivity contribution >= 4 is 11.7 Å². The predicted molar refractivity (Wildman–Crippen MR) is 68.7 cm³/mol. The zero-order valence-electron chi connectivity index (χ0n) is 10.4. The minimum Gasteiger partial charge on any atom is -0.478 e. The second-order valence-electron chi connectivity index (χ2n) is 4.16. The largest absolute Gasteiger partial charge is 0.478 e. The molecule has 5 nitrogen and oxygen atoms in total. The van der Waals surface area contributed by atoms with Gasteiger partial charge >= 0.3 is 5.97 Å². The molecule has 1 N–H and O–H groups in total. The van der Waals surface area contributed by atoms with E-state index in [9.17, 15) is 4.79 Å². The Morgan fingerprint density at radius 2 is 2.06 bits per heavy atom. The molecule has 0 aliphatic heterocycles. The van der Waals surface area contributed by atoms with E-state index in [1.165, 1.54) is 10.9 Å². The summed E-state index contributed by atoms with van der Waals surface area (Å²) < 4.78 is 1.53. The molecule has 0 aliphatic rings. The van der Waals surface area contributed by atoms with Gasteiger partial charge in [-0.15, -0.1) is 0 Å². The Morgan fingerprint density at radius 1 is 1.39 bits per heavy atom. The molecule has 0 fully saturated rings. The van der Waals surface area contributed by atoms with Crippen LogP contribution in [0.2, 0.25) is 0 Å². The third kappa shape index (κ3) is 2.51. The molecule has 0 radical (unpaired) electrons. The summed E-state index contributed by atoms with van der Waals surface area (Å²) in [4.78, 5) is 13.0. The first-order valence-electron chi connectivity index (χ1n) is 5.60. The summed E-state index contributed by atoms with van der Waals surface area (Å²) in [6, 6.07) is 9.79. The minimum atomic E-state index is -0.945. The van der Waals surface area contributed by atoms with Crippen LogP contribution < -0.4 is 4.90 Å². The van der Waals surface area contributed by atoms with Crippen LogP contribution in [0.25, 0.3) is 0 Å². The Hall–Kier alpha value is -2.30. The molecular formula is C13H15N3O2. The molecule has 1 aromatic heterocycles. The molecule has 1 aromatic carbocycles. The van der Waals surface area contributed by atoms with E-state index in [2.05, 4.69) is 5.10 Å². The van der Waals surface area contributed by atoms with E-state index >= 15 is 0 Å². The van der Waals surface area contributed by atoms with E-state index in [0.29, 0.717) is 12.2 Å². The Bertz CT molecular complexity index is 549. The van der Waals surface area contributed by atoms with Crippen LogP contribution in [0.15, 0.2) is 36.5 Å². The van der Waals surface area contributed by atoms with Gasteiger partial charge in [0.2, 0.25) is 0 Å². The molecule has 0 saturated heterocycles. The Morgan fingerprint density at radius 3 is 2.67 bits per heavy atom. The van der Waals surface area contributed by atoms with Gasteiger partial charge in [0.05, 0.1) is 12.2 Å². The van der Waals surface area contributed by atoms with Crippen molar-refractivity contribution in [2.75, 3.05) is 11.9 Å². The van der Waals surface area contributed by atoms with Crippen molar-refractivity contribution in [3.05, 3.63) is 47.8 Å². The number of aryl methyl sites for hydroxylation is 1. The number of nitrogens with zero attached hydrogens (tertiary/aromatic N) is 3. The number of hydrogen-bond acceptors (Lipinski definition) is 3. The van der Waals surface area contributed by atoms with Gasteiger partial charge in [0.15, 0.2) is 0 Å². The molecule has 5 heteroatoms. The topological polar surface area (TPSA) is 58.4 Å². The number of anilines is 1. The Kier molecular flexibility index (Phi) is 3.32. The Balaban J connectivity index is 2.22. The molecule has 2 rings (SSSR count). The number of carboxylic acids is 1. The van der Waals surface area contributed by atoms with E-state index in [1.54, 1.807) is 7.05 Å². The molecule has 94 valence electrons. The van der Waals surface area contributed by atoms with Gasteiger partial charge in [-0.25, -0.2) is 4.79 Å². The van der Waals surface area contributed by atoms with Gasteiger partial charge in [0, 0.05) is 26.0 Å². The van der Waals surface area contributed by atoms with Crippen LogP contribution in [0, 0.1) is 0 Å². The average Bonchev–Trinajstić information content (AvgIpc) is 2.71. The van der Waals surface area contributed by atoms with Gasteiger partial charge in [0.25, 0.3) is 0 Å². The van der Waals surface area contributed by atoms with Crippen molar-refractivity contribution < 1.29 is 9.90 Å². The van der Waals surface area contributed by atoms with Gasteiger partial charge in [-0.05, 0) is 12.1 Å². The van der Waals surface area contributed by atoms with Crippen molar-refractivity contribution in [1.82, 2.24) is 9.78 Å². The lowest BCUT2D eigenvalue weighted by atomic mass is 10.2. The molecule has 18 heavy (non-hydrogen) atoms. The number of hydrogen-bond donors (Lipinski definition) is 1. The second kappa shape index (κ2) is 4.91. The highest BCUT2D eigenvalue weighted by molar-refractivity contribution is 5.88. The van der Waals surface area contributed by atoms with Crippen molar-refractivity contribution in [1.29, 1.82) is 0 Å². The highest BCUT2D eigenvalue weighted by Crippen LogP contribution is 2.16. The number of carbonyl (C=O) groups is 1. The monoisotopic (exact) mass is 245 g/mol. The zero-order chi connectivity index (χ0) is 13.1. The van der Waals surface area contributed by atoms with Crippen LogP contribution in [-0.2, 0) is 13.6 Å². The lowest BCUT2D eigenvalue weighted by Crippen LogP contribution is -2.18. The molecule has 2 aromatic rings. The van der Waals surface area contributed by atoms with Gasteiger partial charge in [0.1, 0.15) is 5.56 Å². The normalized spacial score (nSPS) is 10.3. The molecule has 1 heterocycles. The Labute approximate surface area is 105 Å². The quantitative estimate of drug-likeness (QED) is 0.891. The fraction of sp³-hybridized carbons (Fsp3) is 0.231. The average molecular weight is 245 g/mol. The summed E-state index contributed by atoms with van der Waals surface area (Å²) in [5.41, 5.74) is 1.84. The zero-order valence-corrected chi connectivity index (χ0v) is 10.4. The van der Waals surface area contributed by atoms with Gasteiger partial charge in [-0.1, -0.05) is 18.2 Å². The molecule has 0 bridgehead atoms. The van der Waals surface area contributed by atoms with Crippen LogP contribution in [-0.4, -0.2) is 27.9 Å². The summed E-state index contributed by atoms with van der Waals surface area (Å²) in [6.07, 6.45) is 1.52. The van der Waals surface area contributed by atoms with E-state index in [-0.39, 0.29) is 5.56 Å². The molecule has 0 spiro atoms. The lowest BCUT2D eigenvalue weighted by molar-refractivity contribution is 0.0695. The van der Waals surface area contributed by atoms with Gasteiger partial charge in [-0.2, -0.15) is 5.10 Å². The van der Waals surface area contributed by atoms with Crippen molar-refractivity contribution in [3.8, 4) is 0 Å². The van der Waals surface area contributed by atoms with E-state index in [0.717, 1.165) is 5.69 Å². The minimum absolute atomic E-state index is 0.250. The molecule has 0 saturated carbocycles. The van der Waals surface area contributed by atoms with E-state index < -0.39 is 5.97 Å². The fourth-order valence-corrected chi connectivity index (χ4v) is 1.83. The highest BCUT2D eigenvalue weighted by atomic mass is 16.4. The number of aromatic nitrogens is 2. The van der Waals surface area contributed by atoms with Crippen LogP contribution in [0.1, 0.15) is 16.1 Å². The third-order valence-corrected chi connectivity index (χ3v) is 2.72. The number of para-hydroxylation sites is 1. The maximum Gasteiger partial charge on any atom is 0.339 e. The van der Waals surface area contributed by atoms with Crippen LogP contribution in [0.3, 0.4) is 0 Å². The van der Waals surface area contributed by atoms with Crippen molar-refractivity contribution in [2.24, 2.45) is 7.05 Å². The maximum absolute atomic E-state index is 11.1. The van der Waals surface area contributed by atoms with Crippen LogP contribution >= 0.6 is 0 Å². The second-order valence-corrected chi connectivity index (χ2v) is 4.16. The van der Waals surface area contributed by atoms with Crippen LogP contribution in [0.5, 0.6) is 0 Å². The third-order valence-electron chi connectivity index (χ3n) is 2.72. The number of benzene rings is 1. The molecular weight excluding hydrogens is 230 g/mol. The van der Waals surface area contributed by atoms with Crippen molar-refractivity contribution in [2.45, 2.75) is 6.54 Å². The predicted octanol–water partition coefficient (Wildman–Crippen LogP) is 1.75. The fourth-order valence-electron chi connectivity index (χ4n) is 1.83. The van der Waals surface area contributed by atoms with Gasteiger partial charge < -0.3 is 10.0 Å². The first-order valence-corrected chi connectivity index (χ1v) is 5.60. The SMILES string of the molecule is CN(Cc1nn(C)cc1C(=O)O)c1ccccc1. The van der Waals surface area contributed by atoms with Crippen LogP contribution in [0.4, 0.5) is 5.69 Å². The summed E-state index contributed by atoms with van der Waals surface area (Å²) in [5, 5.41) is 13.3. The summed E-state index contributed by atoms with van der Waals surface area (Å²) >= 11 is 0. The smallest absolute Gasteiger partial charge is 0.339 e. The van der Waals surface area contributed by atoms with Gasteiger partial charge in [-0.3, -0.25) is 4.68 Å². The van der Waals surface area contributed by atoms with E-state index in [4.69, 9.17) is 5.11 Å². The molecule has 0 aliphatic carbocycles. The first-order chi connectivity index (χ1) is 8.58. The molecule has 0 unspecified atom stereocenters. The summed E-state index contributed by atoms with van der Waals surface area (Å²) in [7, 11) is 3.63. The number of aromatic carboxylic acids is 1. The standard InChI is InChI=1S/C13H15N3O2/c1-15(10-6-4-3-5-7-10)9-12-11(13(17)18)8-16(2)14-12/h3-8H,9H2,1-2H3,(H,17,18). The van der Waals surface area contributed by atoms with Crippen molar-refractivity contribution in [3.63, 3.8) is 0 Å². The number of rotatable bonds is 4. The number of carboxylic acid groups (broad SMARTS) is 1. The maximum atomic E-state index is 11.1. The summed E-state index contributed by atoms with van der Waals surface area (Å²) in [6.45, 7) is 0.465. The van der Waals surface area contributed by atoms with E-state index in [1.807, 2.05) is 42.3 Å². The first kappa shape index (κ1) is 12.2. The molecule has 0 atom stereocenters. The highest BCUT2D eigenvalue weighted by Gasteiger charge is 2.15. The molecule has 0 amide bonds.